The average Bonchev–Trinajstić information content (AvgIpc) is 2.31. The third kappa shape index (κ3) is 5.36. The minimum absolute atomic E-state index is 0.0473. The summed E-state index contributed by atoms with van der Waals surface area (Å²) in [6.07, 6.45) is 2.38. The molecule has 2 unspecified atom stereocenters. The molecule has 2 atom stereocenters. The molecule has 0 bridgehead atoms. The summed E-state index contributed by atoms with van der Waals surface area (Å²) >= 11 is 3.30. The Morgan fingerprint density at radius 3 is 2.72 bits per heavy atom. The summed E-state index contributed by atoms with van der Waals surface area (Å²) in [7, 11) is 0. The second-order valence-electron chi connectivity index (χ2n) is 4.60. The van der Waals surface area contributed by atoms with Gasteiger partial charge >= 0.3 is 0 Å². The van der Waals surface area contributed by atoms with E-state index < -0.39 is 0 Å². The van der Waals surface area contributed by atoms with E-state index in [1.807, 2.05) is 6.92 Å². The number of hydrogen-bond acceptors (Lipinski definition) is 2. The van der Waals surface area contributed by atoms with Gasteiger partial charge in [-0.2, -0.15) is 0 Å². The van der Waals surface area contributed by atoms with Crippen LogP contribution in [0.2, 0.25) is 0 Å². The van der Waals surface area contributed by atoms with Crippen molar-refractivity contribution in [1.82, 2.24) is 5.32 Å². The zero-order valence-electron chi connectivity index (χ0n) is 11.2. The van der Waals surface area contributed by atoms with E-state index in [1.54, 1.807) is 6.07 Å². The Morgan fingerprint density at radius 2 is 2.11 bits per heavy atom. The molecule has 0 saturated heterocycles. The van der Waals surface area contributed by atoms with Crippen molar-refractivity contribution in [2.45, 2.75) is 45.8 Å². The molecule has 18 heavy (non-hydrogen) atoms. The maximum Gasteiger partial charge on any atom is 0.134 e. The Balaban J connectivity index is 2.42. The van der Waals surface area contributed by atoms with Crippen molar-refractivity contribution in [3.63, 3.8) is 0 Å². The van der Waals surface area contributed by atoms with Gasteiger partial charge < -0.3 is 10.1 Å². The maximum absolute atomic E-state index is 12.9. The van der Waals surface area contributed by atoms with Gasteiger partial charge in [0.15, 0.2) is 0 Å². The molecule has 0 heterocycles. The molecule has 0 aliphatic heterocycles. The average molecular weight is 318 g/mol. The Kier molecular flexibility index (Phi) is 6.65. The molecule has 4 heteroatoms. The van der Waals surface area contributed by atoms with Crippen LogP contribution in [0.3, 0.4) is 0 Å². The van der Waals surface area contributed by atoms with Crippen molar-refractivity contribution in [1.29, 1.82) is 0 Å². The second-order valence-corrected chi connectivity index (χ2v) is 5.46. The van der Waals surface area contributed by atoms with Gasteiger partial charge in [-0.15, -0.1) is 0 Å². The summed E-state index contributed by atoms with van der Waals surface area (Å²) < 4.78 is 19.3. The van der Waals surface area contributed by atoms with Crippen molar-refractivity contribution >= 4 is 15.9 Å². The lowest BCUT2D eigenvalue weighted by molar-refractivity contribution is 0.210. The van der Waals surface area contributed by atoms with Crippen LogP contribution in [-0.4, -0.2) is 18.7 Å². The Labute approximate surface area is 117 Å². The van der Waals surface area contributed by atoms with Gasteiger partial charge in [0.2, 0.25) is 0 Å². The molecule has 0 spiro atoms. The van der Waals surface area contributed by atoms with Crippen molar-refractivity contribution in [2.75, 3.05) is 6.54 Å². The van der Waals surface area contributed by atoms with E-state index in [9.17, 15) is 4.39 Å². The first kappa shape index (κ1) is 15.4. The molecular weight excluding hydrogens is 297 g/mol. The lowest BCUT2D eigenvalue weighted by Gasteiger charge is -2.19. The van der Waals surface area contributed by atoms with Gasteiger partial charge in [-0.1, -0.05) is 13.3 Å². The van der Waals surface area contributed by atoms with E-state index in [-0.39, 0.29) is 11.9 Å². The van der Waals surface area contributed by atoms with E-state index in [0.29, 0.717) is 16.3 Å². The fraction of sp³-hybridized carbons (Fsp3) is 0.571. The third-order valence-corrected chi connectivity index (χ3v) is 3.32. The fourth-order valence-corrected chi connectivity index (χ4v) is 2.18. The number of hydrogen-bond donors (Lipinski definition) is 1. The van der Waals surface area contributed by atoms with Crippen LogP contribution in [0.5, 0.6) is 5.75 Å². The SMILES string of the molecule is CCCC(C)NCC(C)Oc1ccc(F)cc1Br. The topological polar surface area (TPSA) is 21.3 Å². The summed E-state index contributed by atoms with van der Waals surface area (Å²) in [6.45, 7) is 7.13. The van der Waals surface area contributed by atoms with Crippen molar-refractivity contribution < 1.29 is 9.13 Å². The minimum atomic E-state index is -0.267. The highest BCUT2D eigenvalue weighted by Crippen LogP contribution is 2.26. The van der Waals surface area contributed by atoms with E-state index in [1.165, 1.54) is 18.6 Å². The third-order valence-electron chi connectivity index (χ3n) is 2.70. The molecular formula is C14H21BrFNO. The summed E-state index contributed by atoms with van der Waals surface area (Å²) in [5, 5.41) is 3.42. The maximum atomic E-state index is 12.9. The normalized spacial score (nSPS) is 14.3. The van der Waals surface area contributed by atoms with Gasteiger partial charge in [-0.05, 0) is 54.4 Å². The standard InChI is InChI=1S/C14H21BrFNO/c1-4-5-10(2)17-9-11(3)18-14-7-6-12(16)8-13(14)15/h6-8,10-11,17H,4-5,9H2,1-3H3. The van der Waals surface area contributed by atoms with Crippen LogP contribution in [0, 0.1) is 5.82 Å². The minimum Gasteiger partial charge on any atom is -0.488 e. The summed E-state index contributed by atoms with van der Waals surface area (Å²) in [6, 6.07) is 4.96. The highest BCUT2D eigenvalue weighted by atomic mass is 79.9. The molecule has 1 rings (SSSR count). The highest BCUT2D eigenvalue weighted by molar-refractivity contribution is 9.10. The lowest BCUT2D eigenvalue weighted by Crippen LogP contribution is -2.35. The van der Waals surface area contributed by atoms with Crippen LogP contribution in [0.1, 0.15) is 33.6 Å². The van der Waals surface area contributed by atoms with Crippen molar-refractivity contribution in [2.24, 2.45) is 0 Å². The number of rotatable bonds is 7. The van der Waals surface area contributed by atoms with Crippen LogP contribution in [0.25, 0.3) is 0 Å². The molecule has 0 aromatic heterocycles. The molecule has 2 nitrogen and oxygen atoms in total. The Hall–Kier alpha value is -0.610. The van der Waals surface area contributed by atoms with Crippen molar-refractivity contribution in [3.05, 3.63) is 28.5 Å². The van der Waals surface area contributed by atoms with Crippen molar-refractivity contribution in [3.8, 4) is 5.75 Å². The summed E-state index contributed by atoms with van der Waals surface area (Å²) in [4.78, 5) is 0. The molecule has 0 aliphatic rings. The van der Waals surface area contributed by atoms with E-state index >= 15 is 0 Å². The lowest BCUT2D eigenvalue weighted by atomic mass is 10.2. The van der Waals surface area contributed by atoms with E-state index in [4.69, 9.17) is 4.74 Å². The monoisotopic (exact) mass is 317 g/mol. The van der Waals surface area contributed by atoms with Gasteiger partial charge in [0.25, 0.3) is 0 Å². The predicted molar refractivity (Wildman–Crippen MR) is 76.6 cm³/mol. The van der Waals surface area contributed by atoms with Gasteiger partial charge in [-0.3, -0.25) is 0 Å². The number of ether oxygens (including phenoxy) is 1. The summed E-state index contributed by atoms with van der Waals surface area (Å²) in [5.41, 5.74) is 0. The van der Waals surface area contributed by atoms with Gasteiger partial charge in [-0.25, -0.2) is 4.39 Å². The predicted octanol–water partition coefficient (Wildman–Crippen LogP) is 4.13. The number of halogens is 2. The molecule has 0 amide bonds. The van der Waals surface area contributed by atoms with Crippen LogP contribution in [0.15, 0.2) is 22.7 Å². The molecule has 1 N–H and O–H groups in total. The fourth-order valence-electron chi connectivity index (χ4n) is 1.73. The van der Waals surface area contributed by atoms with Crippen LogP contribution in [0.4, 0.5) is 4.39 Å². The smallest absolute Gasteiger partial charge is 0.134 e. The first-order valence-electron chi connectivity index (χ1n) is 6.38. The van der Waals surface area contributed by atoms with Crippen LogP contribution < -0.4 is 10.1 Å². The quantitative estimate of drug-likeness (QED) is 0.816. The van der Waals surface area contributed by atoms with Gasteiger partial charge in [0.05, 0.1) is 4.47 Å². The van der Waals surface area contributed by atoms with Crippen LogP contribution in [-0.2, 0) is 0 Å². The molecule has 1 aromatic carbocycles. The van der Waals surface area contributed by atoms with Gasteiger partial charge in [0, 0.05) is 12.6 Å². The number of benzene rings is 1. The molecule has 0 saturated carbocycles. The zero-order valence-corrected chi connectivity index (χ0v) is 12.8. The Morgan fingerprint density at radius 1 is 1.39 bits per heavy atom. The van der Waals surface area contributed by atoms with E-state index in [0.717, 1.165) is 13.0 Å². The largest absolute Gasteiger partial charge is 0.488 e. The summed E-state index contributed by atoms with van der Waals surface area (Å²) in [5.74, 6) is 0.408. The number of nitrogens with one attached hydrogen (secondary N) is 1. The first-order chi connectivity index (χ1) is 8.52. The van der Waals surface area contributed by atoms with Gasteiger partial charge in [0.1, 0.15) is 17.7 Å². The second kappa shape index (κ2) is 7.74. The zero-order chi connectivity index (χ0) is 13.5. The highest BCUT2D eigenvalue weighted by Gasteiger charge is 2.09. The molecule has 1 aromatic rings. The first-order valence-corrected chi connectivity index (χ1v) is 7.17. The molecule has 0 radical (unpaired) electrons. The Bertz CT molecular complexity index is 373. The molecule has 0 fully saturated rings. The van der Waals surface area contributed by atoms with E-state index in [2.05, 4.69) is 35.1 Å². The molecule has 0 aliphatic carbocycles. The molecule has 102 valence electrons. The van der Waals surface area contributed by atoms with Crippen LogP contribution >= 0.6 is 15.9 Å².